The fourth-order valence-corrected chi connectivity index (χ4v) is 2.30. The SMILES string of the molecule is Cc1ccc(C)c(NC(=O)[C@@H](C)OC(=O)C(C)(C)Oc2ccc(F)cc2)c1. The lowest BCUT2D eigenvalue weighted by Gasteiger charge is -2.26. The Hall–Kier alpha value is -2.89. The highest BCUT2D eigenvalue weighted by molar-refractivity contribution is 5.96. The van der Waals surface area contributed by atoms with Crippen molar-refractivity contribution in [2.75, 3.05) is 5.32 Å². The largest absolute Gasteiger partial charge is 0.476 e. The first-order valence-corrected chi connectivity index (χ1v) is 8.62. The molecule has 1 amide bonds. The summed E-state index contributed by atoms with van der Waals surface area (Å²) in [6.45, 7) is 8.34. The van der Waals surface area contributed by atoms with E-state index in [1.165, 1.54) is 45.0 Å². The molecule has 2 aromatic carbocycles. The number of esters is 1. The van der Waals surface area contributed by atoms with E-state index in [9.17, 15) is 14.0 Å². The standard InChI is InChI=1S/C21H24FNO4/c1-13-6-7-14(2)18(12-13)23-19(24)15(3)26-20(25)21(4,5)27-17-10-8-16(22)9-11-17/h6-12,15H,1-5H3,(H,23,24)/t15-/m1/s1. The molecular formula is C21H24FNO4. The Morgan fingerprint density at radius 2 is 1.70 bits per heavy atom. The third kappa shape index (κ3) is 5.54. The molecule has 144 valence electrons. The van der Waals surface area contributed by atoms with Crippen LogP contribution in [0.25, 0.3) is 0 Å². The second-order valence-electron chi connectivity index (χ2n) is 6.92. The molecule has 0 aromatic heterocycles. The summed E-state index contributed by atoms with van der Waals surface area (Å²) in [5.74, 6) is -1.21. The lowest BCUT2D eigenvalue weighted by Crippen LogP contribution is -2.43. The van der Waals surface area contributed by atoms with Gasteiger partial charge in [0, 0.05) is 5.69 Å². The lowest BCUT2D eigenvalue weighted by molar-refractivity contribution is -0.166. The lowest BCUT2D eigenvalue weighted by atomic mass is 10.1. The van der Waals surface area contributed by atoms with Crippen LogP contribution in [0.4, 0.5) is 10.1 Å². The molecule has 0 spiro atoms. The molecule has 0 aliphatic rings. The van der Waals surface area contributed by atoms with Crippen LogP contribution in [0, 0.1) is 19.7 Å². The van der Waals surface area contributed by atoms with Gasteiger partial charge < -0.3 is 14.8 Å². The molecule has 0 aliphatic carbocycles. The topological polar surface area (TPSA) is 64.6 Å². The van der Waals surface area contributed by atoms with Gasteiger partial charge in [-0.15, -0.1) is 0 Å². The van der Waals surface area contributed by atoms with Gasteiger partial charge in [-0.25, -0.2) is 9.18 Å². The highest BCUT2D eigenvalue weighted by Gasteiger charge is 2.34. The van der Waals surface area contributed by atoms with Crippen LogP contribution in [-0.2, 0) is 14.3 Å². The van der Waals surface area contributed by atoms with Gasteiger partial charge in [0.2, 0.25) is 0 Å². The number of hydrogen-bond acceptors (Lipinski definition) is 4. The van der Waals surface area contributed by atoms with Crippen LogP contribution in [0.5, 0.6) is 5.75 Å². The Bertz CT molecular complexity index is 831. The Kier molecular flexibility index (Phi) is 6.20. The summed E-state index contributed by atoms with van der Waals surface area (Å²) in [7, 11) is 0. The molecule has 0 saturated carbocycles. The molecule has 5 nitrogen and oxygen atoms in total. The van der Waals surface area contributed by atoms with Crippen LogP contribution in [-0.4, -0.2) is 23.6 Å². The Labute approximate surface area is 158 Å². The van der Waals surface area contributed by atoms with Gasteiger partial charge >= 0.3 is 5.97 Å². The highest BCUT2D eigenvalue weighted by atomic mass is 19.1. The Morgan fingerprint density at radius 3 is 2.33 bits per heavy atom. The van der Waals surface area contributed by atoms with Gasteiger partial charge in [0.15, 0.2) is 11.7 Å². The summed E-state index contributed by atoms with van der Waals surface area (Å²) in [6.07, 6.45) is -1.01. The minimum atomic E-state index is -1.34. The molecule has 0 unspecified atom stereocenters. The molecule has 27 heavy (non-hydrogen) atoms. The van der Waals surface area contributed by atoms with Gasteiger partial charge in [-0.2, -0.15) is 0 Å². The van der Waals surface area contributed by atoms with Crippen molar-refractivity contribution in [1.82, 2.24) is 0 Å². The van der Waals surface area contributed by atoms with Crippen molar-refractivity contribution in [1.29, 1.82) is 0 Å². The second-order valence-corrected chi connectivity index (χ2v) is 6.92. The van der Waals surface area contributed by atoms with E-state index >= 15 is 0 Å². The third-order valence-electron chi connectivity index (χ3n) is 3.98. The number of aryl methyl sites for hydroxylation is 2. The summed E-state index contributed by atoms with van der Waals surface area (Å²) in [5.41, 5.74) is 1.25. The number of amides is 1. The number of hydrogen-bond donors (Lipinski definition) is 1. The number of halogens is 1. The number of anilines is 1. The molecule has 0 aliphatic heterocycles. The average molecular weight is 373 g/mol. The number of carbonyl (C=O) groups is 2. The van der Waals surface area contributed by atoms with E-state index < -0.39 is 29.4 Å². The van der Waals surface area contributed by atoms with Crippen LogP contribution in [0.3, 0.4) is 0 Å². The second kappa shape index (κ2) is 8.20. The first kappa shape index (κ1) is 20.4. The maximum Gasteiger partial charge on any atom is 0.350 e. The minimum absolute atomic E-state index is 0.325. The third-order valence-corrected chi connectivity index (χ3v) is 3.98. The quantitative estimate of drug-likeness (QED) is 0.772. The van der Waals surface area contributed by atoms with Gasteiger partial charge in [0.25, 0.3) is 5.91 Å². The number of nitrogens with one attached hydrogen (secondary N) is 1. The zero-order chi connectivity index (χ0) is 20.2. The van der Waals surface area contributed by atoms with Crippen molar-refractivity contribution in [3.8, 4) is 5.75 Å². The Balaban J connectivity index is 1.99. The summed E-state index contributed by atoms with van der Waals surface area (Å²) in [4.78, 5) is 24.8. The van der Waals surface area contributed by atoms with Gasteiger partial charge in [-0.05, 0) is 76.1 Å². The van der Waals surface area contributed by atoms with E-state index in [0.29, 0.717) is 11.4 Å². The Morgan fingerprint density at radius 1 is 1.07 bits per heavy atom. The van der Waals surface area contributed by atoms with Gasteiger partial charge in [0.1, 0.15) is 11.6 Å². The van der Waals surface area contributed by atoms with Crippen LogP contribution < -0.4 is 10.1 Å². The maximum atomic E-state index is 13.0. The van der Waals surface area contributed by atoms with Crippen LogP contribution >= 0.6 is 0 Å². The number of benzene rings is 2. The normalized spacial score (nSPS) is 12.2. The van der Waals surface area contributed by atoms with Crippen molar-refractivity contribution in [2.24, 2.45) is 0 Å². The van der Waals surface area contributed by atoms with Gasteiger partial charge in [0.05, 0.1) is 0 Å². The number of rotatable bonds is 6. The predicted molar refractivity (Wildman–Crippen MR) is 101 cm³/mol. The summed E-state index contributed by atoms with van der Waals surface area (Å²) in [5, 5.41) is 2.76. The molecule has 0 heterocycles. The minimum Gasteiger partial charge on any atom is -0.476 e. The van der Waals surface area contributed by atoms with Crippen molar-refractivity contribution in [2.45, 2.75) is 46.3 Å². The molecule has 0 radical (unpaired) electrons. The van der Waals surface area contributed by atoms with Crippen molar-refractivity contribution in [3.05, 3.63) is 59.4 Å². The van der Waals surface area contributed by atoms with Crippen LogP contribution in [0.1, 0.15) is 31.9 Å². The molecule has 1 atom stereocenters. The van der Waals surface area contributed by atoms with Crippen molar-refractivity contribution >= 4 is 17.6 Å². The zero-order valence-electron chi connectivity index (χ0n) is 16.1. The van der Waals surface area contributed by atoms with E-state index in [2.05, 4.69) is 5.32 Å². The zero-order valence-corrected chi connectivity index (χ0v) is 16.1. The molecule has 0 fully saturated rings. The molecule has 2 aromatic rings. The van der Waals surface area contributed by atoms with E-state index in [4.69, 9.17) is 9.47 Å². The number of ether oxygens (including phenoxy) is 2. The molecular weight excluding hydrogens is 349 g/mol. The fourth-order valence-electron chi connectivity index (χ4n) is 2.30. The van der Waals surface area contributed by atoms with Crippen LogP contribution in [0.2, 0.25) is 0 Å². The monoisotopic (exact) mass is 373 g/mol. The first-order valence-electron chi connectivity index (χ1n) is 8.62. The van der Waals surface area contributed by atoms with Crippen LogP contribution in [0.15, 0.2) is 42.5 Å². The molecule has 2 rings (SSSR count). The predicted octanol–water partition coefficient (Wildman–Crippen LogP) is 4.17. The highest BCUT2D eigenvalue weighted by Crippen LogP contribution is 2.21. The smallest absolute Gasteiger partial charge is 0.350 e. The summed E-state index contributed by atoms with van der Waals surface area (Å²) >= 11 is 0. The molecule has 1 N–H and O–H groups in total. The molecule has 0 bridgehead atoms. The van der Waals surface area contributed by atoms with Crippen molar-refractivity contribution in [3.63, 3.8) is 0 Å². The van der Waals surface area contributed by atoms with Gasteiger partial charge in [-0.1, -0.05) is 12.1 Å². The summed E-state index contributed by atoms with van der Waals surface area (Å²) < 4.78 is 23.8. The molecule has 0 saturated heterocycles. The molecule has 6 heteroatoms. The summed E-state index contributed by atoms with van der Waals surface area (Å²) in [6, 6.07) is 11.0. The average Bonchev–Trinajstić information content (AvgIpc) is 2.59. The van der Waals surface area contributed by atoms with E-state index in [0.717, 1.165) is 11.1 Å². The van der Waals surface area contributed by atoms with Crippen molar-refractivity contribution < 1.29 is 23.5 Å². The van der Waals surface area contributed by atoms with Gasteiger partial charge in [-0.3, -0.25) is 4.79 Å². The van der Waals surface area contributed by atoms with E-state index in [1.54, 1.807) is 0 Å². The fraction of sp³-hybridized carbons (Fsp3) is 0.333. The number of carbonyl (C=O) groups excluding carboxylic acids is 2. The maximum absolute atomic E-state index is 13.0. The van der Waals surface area contributed by atoms with E-state index in [1.807, 2.05) is 32.0 Å². The first-order chi connectivity index (χ1) is 12.6. The van der Waals surface area contributed by atoms with E-state index in [-0.39, 0.29) is 0 Å².